The first-order valence-corrected chi connectivity index (χ1v) is 20.6. The molecule has 0 saturated carbocycles. The molecule has 1 nitrogen and oxygen atoms in total. The molecular weight excluding hydrogens is 687 g/mol. The highest BCUT2D eigenvalue weighted by Crippen LogP contribution is 2.65. The second-order valence-electron chi connectivity index (χ2n) is 16.5. The van der Waals surface area contributed by atoms with Crippen LogP contribution in [0, 0.1) is 0 Å². The molecule has 0 radical (unpaired) electrons. The number of aryl methyl sites for hydroxylation is 2. The smallest absolute Gasteiger partial charge is 0.0726 e. The number of fused-ring (bicyclic) bond motifs is 13. The maximum atomic E-state index is 2.56. The molecule has 3 aliphatic rings. The zero-order chi connectivity index (χ0) is 38.5. The van der Waals surface area contributed by atoms with Crippen LogP contribution in [0.15, 0.2) is 176 Å². The summed E-state index contributed by atoms with van der Waals surface area (Å²) in [5.74, 6) is 0. The number of anilines is 3. The van der Waals surface area contributed by atoms with Gasteiger partial charge in [-0.1, -0.05) is 173 Å². The number of hydrogen-bond acceptors (Lipinski definition) is 1. The van der Waals surface area contributed by atoms with Crippen molar-refractivity contribution in [3.63, 3.8) is 0 Å². The molecule has 1 spiro atoms. The summed E-state index contributed by atoms with van der Waals surface area (Å²) in [6.07, 6.45) is 1.94. The van der Waals surface area contributed by atoms with Gasteiger partial charge in [-0.2, -0.15) is 0 Å². The zero-order valence-corrected chi connectivity index (χ0v) is 33.1. The predicted octanol–water partition coefficient (Wildman–Crippen LogP) is 14.6. The highest BCUT2D eigenvalue weighted by molar-refractivity contribution is 6.01. The number of nitrogens with zero attached hydrogens (tertiary/aromatic N) is 1. The minimum atomic E-state index is -0.412. The van der Waals surface area contributed by atoms with E-state index >= 15 is 0 Å². The Labute approximate surface area is 336 Å². The fourth-order valence-electron chi connectivity index (χ4n) is 10.9. The number of benzene rings is 8. The zero-order valence-electron chi connectivity index (χ0n) is 33.1. The van der Waals surface area contributed by atoms with Crippen LogP contribution in [0.2, 0.25) is 0 Å². The third kappa shape index (κ3) is 4.57. The maximum absolute atomic E-state index is 2.56. The third-order valence-corrected chi connectivity index (χ3v) is 13.5. The van der Waals surface area contributed by atoms with Crippen LogP contribution in [-0.4, -0.2) is 0 Å². The number of rotatable bonds is 6. The van der Waals surface area contributed by atoms with Crippen LogP contribution >= 0.6 is 0 Å². The van der Waals surface area contributed by atoms with Gasteiger partial charge in [-0.05, 0) is 127 Å². The lowest BCUT2D eigenvalue weighted by Gasteiger charge is -2.32. The Kier molecular flexibility index (Phi) is 7.45. The third-order valence-electron chi connectivity index (χ3n) is 13.5. The predicted molar refractivity (Wildman–Crippen MR) is 239 cm³/mol. The van der Waals surface area contributed by atoms with Crippen molar-refractivity contribution in [2.45, 2.75) is 51.4 Å². The Morgan fingerprint density at radius 2 is 0.825 bits per heavy atom. The van der Waals surface area contributed by atoms with E-state index in [9.17, 15) is 0 Å². The van der Waals surface area contributed by atoms with Crippen LogP contribution in [0.4, 0.5) is 17.1 Å². The largest absolute Gasteiger partial charge is 0.310 e. The van der Waals surface area contributed by atoms with Crippen LogP contribution in [0.5, 0.6) is 0 Å². The first-order chi connectivity index (χ1) is 28.0. The molecule has 0 atom stereocenters. The van der Waals surface area contributed by atoms with Crippen LogP contribution in [-0.2, 0) is 23.7 Å². The normalized spacial score (nSPS) is 14.4. The topological polar surface area (TPSA) is 3.24 Å². The monoisotopic (exact) mass is 731 g/mol. The fraction of sp³-hybridized carbons (Fsp3) is 0.143. The van der Waals surface area contributed by atoms with Gasteiger partial charge in [0.05, 0.1) is 11.1 Å². The quantitative estimate of drug-likeness (QED) is 0.165. The first-order valence-electron chi connectivity index (χ1n) is 20.6. The molecule has 0 bridgehead atoms. The molecule has 0 amide bonds. The van der Waals surface area contributed by atoms with E-state index < -0.39 is 5.41 Å². The molecule has 3 aliphatic carbocycles. The number of hydrogen-bond donors (Lipinski definition) is 0. The standard InChI is InChI=1S/C56H45N/c1-5-36-18-7-8-19-40(36)41-32-30-38(34-37(41)6-2)57(39-31-33-45-42-20-9-13-24-47(42)55(3,4)52(45)35-39)53-29-17-28-51-54(53)46-23-12-16-27-50(46)56(51)48-25-14-10-21-43(48)44-22-11-15-26-49(44)56/h7-35H,5-6H2,1-4H3. The molecule has 0 saturated heterocycles. The van der Waals surface area contributed by atoms with Crippen LogP contribution in [0.1, 0.15) is 72.2 Å². The van der Waals surface area contributed by atoms with Crippen molar-refractivity contribution in [3.05, 3.63) is 220 Å². The molecule has 274 valence electrons. The molecule has 0 N–H and O–H groups in total. The second kappa shape index (κ2) is 12.5. The average Bonchev–Trinajstić information content (AvgIpc) is 3.83. The Balaban J connectivity index is 1.20. The molecule has 0 heterocycles. The van der Waals surface area contributed by atoms with E-state index in [0.29, 0.717) is 0 Å². The molecule has 0 aliphatic heterocycles. The molecule has 0 unspecified atom stereocenters. The summed E-state index contributed by atoms with van der Waals surface area (Å²) in [6, 6.07) is 66.8. The van der Waals surface area contributed by atoms with Gasteiger partial charge in [0.25, 0.3) is 0 Å². The van der Waals surface area contributed by atoms with Gasteiger partial charge in [0.15, 0.2) is 0 Å². The first kappa shape index (κ1) is 33.9. The van der Waals surface area contributed by atoms with E-state index in [0.717, 1.165) is 12.8 Å². The van der Waals surface area contributed by atoms with Crippen molar-refractivity contribution < 1.29 is 0 Å². The molecule has 8 aromatic carbocycles. The molecule has 8 aromatic rings. The lowest BCUT2D eigenvalue weighted by Crippen LogP contribution is -2.26. The Morgan fingerprint density at radius 3 is 1.47 bits per heavy atom. The lowest BCUT2D eigenvalue weighted by molar-refractivity contribution is 0.660. The van der Waals surface area contributed by atoms with Crippen molar-refractivity contribution in [2.75, 3.05) is 4.90 Å². The van der Waals surface area contributed by atoms with E-state index in [2.05, 4.69) is 209 Å². The summed E-state index contributed by atoms with van der Waals surface area (Å²) >= 11 is 0. The summed E-state index contributed by atoms with van der Waals surface area (Å²) in [6.45, 7) is 9.33. The fourth-order valence-corrected chi connectivity index (χ4v) is 10.9. The van der Waals surface area contributed by atoms with Gasteiger partial charge < -0.3 is 4.90 Å². The second-order valence-corrected chi connectivity index (χ2v) is 16.5. The molecule has 1 heteroatoms. The van der Waals surface area contributed by atoms with Crippen molar-refractivity contribution >= 4 is 17.1 Å². The molecule has 0 fully saturated rings. The Bertz CT molecular complexity index is 2880. The van der Waals surface area contributed by atoms with E-state index in [4.69, 9.17) is 0 Å². The summed E-state index contributed by atoms with van der Waals surface area (Å²) in [7, 11) is 0. The SMILES string of the molecule is CCc1ccccc1-c1ccc(N(c2ccc3c(c2)C(C)(C)c2ccccc2-3)c2cccc3c2-c2ccccc2C32c3ccccc3-c3ccccc32)cc1CC. The summed E-state index contributed by atoms with van der Waals surface area (Å²) in [5.41, 5.74) is 24.6. The van der Waals surface area contributed by atoms with Crippen molar-refractivity contribution in [1.29, 1.82) is 0 Å². The minimum Gasteiger partial charge on any atom is -0.310 e. The van der Waals surface area contributed by atoms with Gasteiger partial charge in [0.1, 0.15) is 0 Å². The van der Waals surface area contributed by atoms with Gasteiger partial charge in [0, 0.05) is 22.4 Å². The lowest BCUT2D eigenvalue weighted by atomic mass is 9.70. The van der Waals surface area contributed by atoms with E-state index in [-0.39, 0.29) is 5.41 Å². The van der Waals surface area contributed by atoms with Gasteiger partial charge in [-0.25, -0.2) is 0 Å². The van der Waals surface area contributed by atoms with Crippen molar-refractivity contribution in [1.82, 2.24) is 0 Å². The maximum Gasteiger partial charge on any atom is 0.0726 e. The van der Waals surface area contributed by atoms with Gasteiger partial charge in [-0.15, -0.1) is 0 Å². The highest BCUT2D eigenvalue weighted by Gasteiger charge is 2.52. The summed E-state index contributed by atoms with van der Waals surface area (Å²) in [5, 5.41) is 0. The van der Waals surface area contributed by atoms with E-state index in [1.165, 1.54) is 106 Å². The summed E-state index contributed by atoms with van der Waals surface area (Å²) < 4.78 is 0. The van der Waals surface area contributed by atoms with Gasteiger partial charge >= 0.3 is 0 Å². The van der Waals surface area contributed by atoms with E-state index in [1.54, 1.807) is 0 Å². The Hall–Kier alpha value is -6.44. The Morgan fingerprint density at radius 1 is 0.368 bits per heavy atom. The van der Waals surface area contributed by atoms with E-state index in [1.807, 2.05) is 0 Å². The average molecular weight is 732 g/mol. The molecular formula is C56H45N. The summed E-state index contributed by atoms with van der Waals surface area (Å²) in [4.78, 5) is 2.56. The molecule has 0 aromatic heterocycles. The van der Waals surface area contributed by atoms with Gasteiger partial charge in [-0.3, -0.25) is 0 Å². The van der Waals surface area contributed by atoms with Crippen molar-refractivity contribution in [3.8, 4) is 44.5 Å². The molecule has 11 rings (SSSR count). The van der Waals surface area contributed by atoms with Gasteiger partial charge in [0.2, 0.25) is 0 Å². The van der Waals surface area contributed by atoms with Crippen molar-refractivity contribution in [2.24, 2.45) is 0 Å². The highest BCUT2D eigenvalue weighted by atomic mass is 15.1. The van der Waals surface area contributed by atoms with Crippen LogP contribution < -0.4 is 4.90 Å². The minimum absolute atomic E-state index is 0.123. The van der Waals surface area contributed by atoms with Crippen LogP contribution in [0.3, 0.4) is 0 Å². The van der Waals surface area contributed by atoms with Crippen LogP contribution in [0.25, 0.3) is 44.5 Å². The molecule has 57 heavy (non-hydrogen) atoms.